The normalized spacial score (nSPS) is 13.4. The number of hydrogen-bond acceptors (Lipinski definition) is 2. The molecule has 0 atom stereocenters. The van der Waals surface area contributed by atoms with Crippen molar-refractivity contribution < 1.29 is 35.5 Å². The summed E-state index contributed by atoms with van der Waals surface area (Å²) in [5.41, 5.74) is -7.56. The fourth-order valence-corrected chi connectivity index (χ4v) is 2.34. The second-order valence-corrected chi connectivity index (χ2v) is 5.78. The van der Waals surface area contributed by atoms with Gasteiger partial charge >= 0.3 is 18.0 Å². The topological polar surface area (TPSA) is 20.3 Å². The average molecular weight is 371 g/mol. The van der Waals surface area contributed by atoms with Crippen LogP contribution in [0.3, 0.4) is 0 Å². The van der Waals surface area contributed by atoms with Crippen molar-refractivity contribution in [2.75, 3.05) is 14.1 Å². The standard InChI is InChI=1S/C16H16F7NO/c1-9-7-11(14(17,15(18,19)20)16(21,22)23)8-10(2)13(9)12(25)5-6-24(3)4/h5-8H,1-4H3. The third-order valence-corrected chi connectivity index (χ3v) is 3.48. The van der Waals surface area contributed by atoms with Gasteiger partial charge in [0.15, 0.2) is 5.78 Å². The first kappa shape index (κ1) is 21.0. The molecule has 2 nitrogen and oxygen atoms in total. The maximum Gasteiger partial charge on any atom is 0.435 e. The highest BCUT2D eigenvalue weighted by Gasteiger charge is 2.73. The van der Waals surface area contributed by atoms with Gasteiger partial charge in [-0.3, -0.25) is 4.79 Å². The molecule has 0 saturated carbocycles. The van der Waals surface area contributed by atoms with Gasteiger partial charge < -0.3 is 4.90 Å². The molecule has 1 aromatic carbocycles. The number of nitrogens with zero attached hydrogens (tertiary/aromatic N) is 1. The predicted octanol–water partition coefficient (Wildman–Crippen LogP) is 4.85. The Labute approximate surface area is 139 Å². The molecule has 1 rings (SSSR count). The second kappa shape index (κ2) is 6.68. The molecule has 0 amide bonds. The molecule has 1 aromatic rings. The van der Waals surface area contributed by atoms with E-state index in [-0.39, 0.29) is 16.7 Å². The summed E-state index contributed by atoms with van der Waals surface area (Å²) < 4.78 is 91.2. The lowest BCUT2D eigenvalue weighted by Crippen LogP contribution is -2.50. The number of aryl methyl sites for hydroxylation is 2. The number of allylic oxidation sites excluding steroid dienone is 1. The number of hydrogen-bond donors (Lipinski definition) is 0. The van der Waals surface area contributed by atoms with Gasteiger partial charge in [0, 0.05) is 37.5 Å². The molecule has 0 aliphatic rings. The molecule has 0 spiro atoms. The Morgan fingerprint density at radius 2 is 1.32 bits per heavy atom. The van der Waals surface area contributed by atoms with Gasteiger partial charge in [0.05, 0.1) is 0 Å². The van der Waals surface area contributed by atoms with E-state index in [2.05, 4.69) is 0 Å². The molecule has 0 aromatic heterocycles. The number of alkyl halides is 7. The summed E-state index contributed by atoms with van der Waals surface area (Å²) in [6.07, 6.45) is -9.90. The van der Waals surface area contributed by atoms with Gasteiger partial charge in [-0.15, -0.1) is 0 Å². The predicted molar refractivity (Wildman–Crippen MR) is 78.0 cm³/mol. The van der Waals surface area contributed by atoms with Crippen molar-refractivity contribution in [3.8, 4) is 0 Å². The van der Waals surface area contributed by atoms with Crippen molar-refractivity contribution in [2.24, 2.45) is 0 Å². The molecule has 0 saturated heterocycles. The third kappa shape index (κ3) is 3.96. The Morgan fingerprint density at radius 3 is 1.64 bits per heavy atom. The largest absolute Gasteiger partial charge is 0.435 e. The van der Waals surface area contributed by atoms with Gasteiger partial charge in [-0.1, -0.05) is 12.1 Å². The van der Waals surface area contributed by atoms with Crippen LogP contribution in [0.25, 0.3) is 0 Å². The molecule has 0 heterocycles. The van der Waals surface area contributed by atoms with Gasteiger partial charge in [0.2, 0.25) is 0 Å². The zero-order chi connectivity index (χ0) is 19.8. The highest BCUT2D eigenvalue weighted by molar-refractivity contribution is 6.06. The summed E-state index contributed by atoms with van der Waals surface area (Å²) in [7, 11) is 3.24. The number of halogens is 7. The lowest BCUT2D eigenvalue weighted by atomic mass is 9.88. The minimum Gasteiger partial charge on any atom is -0.383 e. The maximum atomic E-state index is 14.1. The van der Waals surface area contributed by atoms with E-state index in [1.54, 1.807) is 14.1 Å². The van der Waals surface area contributed by atoms with Crippen molar-refractivity contribution in [2.45, 2.75) is 31.9 Å². The van der Waals surface area contributed by atoms with Gasteiger partial charge in [0.1, 0.15) is 0 Å². The van der Waals surface area contributed by atoms with Gasteiger partial charge in [-0.2, -0.15) is 26.3 Å². The van der Waals surface area contributed by atoms with Crippen LogP contribution in [0.1, 0.15) is 27.0 Å². The average Bonchev–Trinajstić information content (AvgIpc) is 2.40. The summed E-state index contributed by atoms with van der Waals surface area (Å²) in [4.78, 5) is 13.6. The first-order valence-electron chi connectivity index (χ1n) is 6.96. The van der Waals surface area contributed by atoms with Crippen LogP contribution in [0.2, 0.25) is 0 Å². The van der Waals surface area contributed by atoms with Crippen LogP contribution in [-0.2, 0) is 5.67 Å². The quantitative estimate of drug-likeness (QED) is 0.428. The zero-order valence-electron chi connectivity index (χ0n) is 13.8. The molecule has 0 bridgehead atoms. The Bertz CT molecular complexity index is 650. The fraction of sp³-hybridized carbons (Fsp3) is 0.438. The van der Waals surface area contributed by atoms with Crippen LogP contribution < -0.4 is 0 Å². The number of ketones is 1. The van der Waals surface area contributed by atoms with E-state index in [0.29, 0.717) is 12.1 Å². The first-order chi connectivity index (χ1) is 11.1. The van der Waals surface area contributed by atoms with Crippen molar-refractivity contribution in [3.05, 3.63) is 46.7 Å². The highest BCUT2D eigenvalue weighted by atomic mass is 19.4. The van der Waals surface area contributed by atoms with E-state index in [1.807, 2.05) is 0 Å². The molecule has 0 aliphatic carbocycles. The molecule has 140 valence electrons. The first-order valence-corrected chi connectivity index (χ1v) is 6.96. The minimum atomic E-state index is -6.19. The van der Waals surface area contributed by atoms with Crippen LogP contribution in [0.15, 0.2) is 24.4 Å². The molecule has 25 heavy (non-hydrogen) atoms. The lowest BCUT2D eigenvalue weighted by molar-refractivity contribution is -0.348. The second-order valence-electron chi connectivity index (χ2n) is 5.78. The van der Waals surface area contributed by atoms with Crippen LogP contribution in [-0.4, -0.2) is 37.1 Å². The van der Waals surface area contributed by atoms with E-state index in [1.165, 1.54) is 11.1 Å². The van der Waals surface area contributed by atoms with E-state index < -0.39 is 29.4 Å². The molecule has 0 unspecified atom stereocenters. The van der Waals surface area contributed by atoms with Crippen molar-refractivity contribution in [3.63, 3.8) is 0 Å². The summed E-state index contributed by atoms with van der Waals surface area (Å²) in [6.45, 7) is 2.31. The number of benzene rings is 1. The molecule has 0 fully saturated rings. The summed E-state index contributed by atoms with van der Waals surface area (Å²) in [6, 6.07) is 0.815. The van der Waals surface area contributed by atoms with Crippen LogP contribution in [0.4, 0.5) is 30.7 Å². The SMILES string of the molecule is Cc1cc(C(F)(C(F)(F)F)C(F)(F)F)cc(C)c1C(=O)C=CN(C)C. The molecular formula is C16H16F7NO. The molecule has 0 N–H and O–H groups in total. The van der Waals surface area contributed by atoms with Crippen molar-refractivity contribution >= 4 is 5.78 Å². The smallest absolute Gasteiger partial charge is 0.383 e. The maximum absolute atomic E-state index is 14.1. The zero-order valence-corrected chi connectivity index (χ0v) is 13.8. The molecule has 0 radical (unpaired) electrons. The van der Waals surface area contributed by atoms with Crippen LogP contribution in [0, 0.1) is 13.8 Å². The summed E-state index contributed by atoms with van der Waals surface area (Å²) in [5.74, 6) is -0.612. The Balaban J connectivity index is 3.55. The molecular weight excluding hydrogens is 355 g/mol. The van der Waals surface area contributed by atoms with Crippen molar-refractivity contribution in [1.82, 2.24) is 4.90 Å². The monoisotopic (exact) mass is 371 g/mol. The van der Waals surface area contributed by atoms with E-state index in [9.17, 15) is 35.5 Å². The highest BCUT2D eigenvalue weighted by Crippen LogP contribution is 2.53. The summed E-state index contributed by atoms with van der Waals surface area (Å²) >= 11 is 0. The van der Waals surface area contributed by atoms with Crippen molar-refractivity contribution in [1.29, 1.82) is 0 Å². The third-order valence-electron chi connectivity index (χ3n) is 3.48. The van der Waals surface area contributed by atoms with Crippen LogP contribution in [0.5, 0.6) is 0 Å². The minimum absolute atomic E-state index is 0.0754. The molecule has 0 aliphatic heterocycles. The Kier molecular flexibility index (Phi) is 5.61. The van der Waals surface area contributed by atoms with Gasteiger partial charge in [-0.05, 0) is 25.0 Å². The number of carbonyl (C=O) groups is 1. The Hall–Kier alpha value is -2.06. The van der Waals surface area contributed by atoms with Gasteiger partial charge in [-0.25, -0.2) is 4.39 Å². The number of rotatable bonds is 4. The van der Waals surface area contributed by atoms with E-state index in [4.69, 9.17) is 0 Å². The fourth-order valence-electron chi connectivity index (χ4n) is 2.34. The number of carbonyl (C=O) groups excluding carboxylic acids is 1. The van der Waals surface area contributed by atoms with Gasteiger partial charge in [0.25, 0.3) is 0 Å². The Morgan fingerprint density at radius 1 is 0.920 bits per heavy atom. The lowest BCUT2D eigenvalue weighted by Gasteiger charge is -2.31. The van der Waals surface area contributed by atoms with E-state index >= 15 is 0 Å². The molecule has 9 heteroatoms. The van der Waals surface area contributed by atoms with Crippen LogP contribution >= 0.6 is 0 Å². The van der Waals surface area contributed by atoms with E-state index in [0.717, 1.165) is 19.9 Å². The summed E-state index contributed by atoms with van der Waals surface area (Å²) in [5, 5.41) is 0.